The van der Waals surface area contributed by atoms with Crippen LogP contribution in [0.3, 0.4) is 0 Å². The standard InChI is InChI=1S/C48H78NO14P/c1-3-5-7-8-9-10-11-12-13-14-15-16-17-18-19-20-21-22-24-30-47(55)63-40(36-61-64(58,59)62-37-43(49)48(56)57)35-60-46(54)29-26-25-28-39(51)33-42-41(44(52)34-45(42)53)32-31-38(50)27-23-6-4-2/h5,7,9-10,12-13,15-16,18-19,31-32,38,40-45,50,52-53H,3-4,6,8,11,14,17,20-30,33-37,49H2,1-2H3,(H,56,57)(H,58,59)/b7-5-,10-9-,13-12-,16-15-,19-18-,32-31+/t38-,40+,41+,42+,43-,44+,45-/m0/s1. The van der Waals surface area contributed by atoms with E-state index in [4.69, 9.17) is 24.8 Å². The SMILES string of the molecule is CC/C=C\C/C=C\C/C=C\C/C=C\C/C=C\CCCCCC(=O)O[C@H](COC(=O)CCCCC(=O)C[C@@H]1[C@@H](/C=C/[C@@H](O)CCCCC)[C@H](O)C[C@@H]1O)COP(=O)(O)OC[C@H](N)C(=O)O. The number of aliphatic carboxylic acids is 1. The van der Waals surface area contributed by atoms with Gasteiger partial charge in [0.15, 0.2) is 6.10 Å². The second-order valence-electron chi connectivity index (χ2n) is 16.1. The average Bonchev–Trinajstić information content (AvgIpc) is 3.52. The van der Waals surface area contributed by atoms with Crippen molar-refractivity contribution in [1.82, 2.24) is 0 Å². The van der Waals surface area contributed by atoms with Gasteiger partial charge in [-0.3, -0.25) is 28.2 Å². The molecule has 16 heteroatoms. The minimum atomic E-state index is -4.83. The smallest absolute Gasteiger partial charge is 0.472 e. The molecular weight excluding hydrogens is 845 g/mol. The highest BCUT2D eigenvalue weighted by Gasteiger charge is 2.41. The van der Waals surface area contributed by atoms with Crippen molar-refractivity contribution in [2.24, 2.45) is 17.6 Å². The van der Waals surface area contributed by atoms with Crippen molar-refractivity contribution in [1.29, 1.82) is 0 Å². The van der Waals surface area contributed by atoms with Crippen molar-refractivity contribution >= 4 is 31.5 Å². The van der Waals surface area contributed by atoms with Gasteiger partial charge in [-0.2, -0.15) is 0 Å². The maximum absolute atomic E-state index is 12.8. The number of allylic oxidation sites excluding steroid dienone is 10. The number of carboxylic acid groups (broad SMARTS) is 1. The van der Waals surface area contributed by atoms with Crippen molar-refractivity contribution in [3.8, 4) is 0 Å². The third-order valence-electron chi connectivity index (χ3n) is 10.4. The van der Waals surface area contributed by atoms with E-state index in [1.54, 1.807) is 12.2 Å². The van der Waals surface area contributed by atoms with Crippen LogP contribution in [-0.4, -0.2) is 99.3 Å². The highest BCUT2D eigenvalue weighted by Crippen LogP contribution is 2.43. The number of nitrogens with two attached hydrogens (primary N) is 1. The predicted molar refractivity (Wildman–Crippen MR) is 247 cm³/mol. The van der Waals surface area contributed by atoms with Crippen LogP contribution in [0.1, 0.15) is 142 Å². The Morgan fingerprint density at radius 2 is 1.30 bits per heavy atom. The molecule has 0 aromatic heterocycles. The van der Waals surface area contributed by atoms with Crippen LogP contribution in [0.25, 0.3) is 0 Å². The molecule has 0 spiro atoms. The number of carboxylic acids is 1. The van der Waals surface area contributed by atoms with Crippen LogP contribution in [0, 0.1) is 11.8 Å². The minimum absolute atomic E-state index is 0.0414. The summed E-state index contributed by atoms with van der Waals surface area (Å²) in [5.74, 6) is -3.85. The van der Waals surface area contributed by atoms with Gasteiger partial charge in [0.05, 0.1) is 31.5 Å². The van der Waals surface area contributed by atoms with Gasteiger partial charge in [0.1, 0.15) is 18.4 Å². The highest BCUT2D eigenvalue weighted by atomic mass is 31.2. The van der Waals surface area contributed by atoms with Crippen LogP contribution >= 0.6 is 7.82 Å². The Bertz CT molecular complexity index is 1540. The lowest BCUT2D eigenvalue weighted by molar-refractivity contribution is -0.161. The van der Waals surface area contributed by atoms with Crippen LogP contribution in [0.15, 0.2) is 72.9 Å². The lowest BCUT2D eigenvalue weighted by Crippen LogP contribution is -2.34. The Morgan fingerprint density at radius 1 is 0.719 bits per heavy atom. The third-order valence-corrected chi connectivity index (χ3v) is 11.4. The second-order valence-corrected chi connectivity index (χ2v) is 17.6. The van der Waals surface area contributed by atoms with E-state index in [2.05, 4.69) is 79.1 Å². The molecule has 1 aliphatic rings. The van der Waals surface area contributed by atoms with Gasteiger partial charge in [-0.15, -0.1) is 0 Å². The molecule has 364 valence electrons. The van der Waals surface area contributed by atoms with Crippen LogP contribution in [-0.2, 0) is 42.3 Å². The molecule has 0 aliphatic heterocycles. The van der Waals surface area contributed by atoms with Gasteiger partial charge < -0.3 is 40.5 Å². The third kappa shape index (κ3) is 30.6. The quantitative estimate of drug-likeness (QED) is 0.0148. The van der Waals surface area contributed by atoms with Crippen molar-refractivity contribution in [2.45, 2.75) is 173 Å². The molecule has 64 heavy (non-hydrogen) atoms. The summed E-state index contributed by atoms with van der Waals surface area (Å²) in [5.41, 5.74) is 5.32. The second kappa shape index (κ2) is 36.7. The molecule has 1 fully saturated rings. The first-order valence-corrected chi connectivity index (χ1v) is 24.6. The number of unbranched alkanes of at least 4 members (excludes halogenated alkanes) is 6. The van der Waals surface area contributed by atoms with Gasteiger partial charge in [0, 0.05) is 43.9 Å². The first kappa shape index (κ1) is 58.5. The number of ketones is 1. The number of esters is 2. The number of hydrogen-bond donors (Lipinski definition) is 6. The zero-order valence-corrected chi connectivity index (χ0v) is 39.1. The van der Waals surface area contributed by atoms with Gasteiger partial charge in [-0.25, -0.2) is 4.57 Å². The number of aliphatic hydroxyl groups is 3. The van der Waals surface area contributed by atoms with Gasteiger partial charge in [0.2, 0.25) is 0 Å². The van der Waals surface area contributed by atoms with E-state index >= 15 is 0 Å². The largest absolute Gasteiger partial charge is 0.480 e. The number of Topliss-reactive ketones (excluding diaryl/α,β-unsaturated/α-hetero) is 1. The number of rotatable bonds is 38. The van der Waals surface area contributed by atoms with E-state index in [0.717, 1.165) is 70.6 Å². The van der Waals surface area contributed by atoms with Crippen LogP contribution in [0.2, 0.25) is 0 Å². The Hall–Kier alpha value is -3.53. The molecule has 15 nitrogen and oxygen atoms in total. The Labute approximate surface area is 381 Å². The van der Waals surface area contributed by atoms with E-state index in [1.807, 2.05) is 0 Å². The van der Waals surface area contributed by atoms with Crippen molar-refractivity contribution < 1.29 is 67.6 Å². The van der Waals surface area contributed by atoms with Gasteiger partial charge in [0.25, 0.3) is 0 Å². The maximum atomic E-state index is 12.8. The number of phosphoric ester groups is 1. The molecule has 1 rings (SSSR count). The number of ether oxygens (including phenoxy) is 2. The fraction of sp³-hybridized carbons (Fsp3) is 0.667. The lowest BCUT2D eigenvalue weighted by atomic mass is 9.87. The zero-order valence-electron chi connectivity index (χ0n) is 38.2. The summed E-state index contributed by atoms with van der Waals surface area (Å²) in [4.78, 5) is 59.1. The average molecular weight is 924 g/mol. The van der Waals surface area contributed by atoms with E-state index in [-0.39, 0.29) is 44.3 Å². The fourth-order valence-electron chi connectivity index (χ4n) is 6.73. The molecule has 7 N–H and O–H groups in total. The Morgan fingerprint density at radius 3 is 1.92 bits per heavy atom. The Kier molecular flexibility index (Phi) is 33.5. The van der Waals surface area contributed by atoms with E-state index in [0.29, 0.717) is 19.3 Å². The molecule has 8 atom stereocenters. The maximum Gasteiger partial charge on any atom is 0.472 e. The van der Waals surface area contributed by atoms with Crippen molar-refractivity contribution in [2.75, 3.05) is 19.8 Å². The monoisotopic (exact) mass is 924 g/mol. The first-order chi connectivity index (χ1) is 30.7. The number of carbonyl (C=O) groups excluding carboxylic acids is 3. The van der Waals surface area contributed by atoms with E-state index in [1.165, 1.54) is 0 Å². The molecular formula is C48H78NO14P. The van der Waals surface area contributed by atoms with E-state index < -0.39 is 87.8 Å². The summed E-state index contributed by atoms with van der Waals surface area (Å²) in [5, 5.41) is 40.2. The predicted octanol–water partition coefficient (Wildman–Crippen LogP) is 8.06. The number of carbonyl (C=O) groups is 4. The van der Waals surface area contributed by atoms with Gasteiger partial charge in [-0.1, -0.05) is 112 Å². The minimum Gasteiger partial charge on any atom is -0.480 e. The summed E-state index contributed by atoms with van der Waals surface area (Å²) < 4.78 is 32.6. The highest BCUT2D eigenvalue weighted by molar-refractivity contribution is 7.47. The van der Waals surface area contributed by atoms with Crippen LogP contribution < -0.4 is 5.73 Å². The number of aliphatic hydroxyl groups excluding tert-OH is 3. The molecule has 0 amide bonds. The van der Waals surface area contributed by atoms with Crippen molar-refractivity contribution in [3.63, 3.8) is 0 Å². The summed E-state index contributed by atoms with van der Waals surface area (Å²) in [6.07, 6.45) is 33.2. The fourth-order valence-corrected chi connectivity index (χ4v) is 7.51. The molecule has 0 heterocycles. The summed E-state index contributed by atoms with van der Waals surface area (Å²) in [6, 6.07) is -1.59. The summed E-state index contributed by atoms with van der Waals surface area (Å²) >= 11 is 0. The van der Waals surface area contributed by atoms with E-state index in [9.17, 15) is 44.0 Å². The lowest BCUT2D eigenvalue weighted by Gasteiger charge is -2.20. The molecule has 0 radical (unpaired) electrons. The molecule has 0 bridgehead atoms. The summed E-state index contributed by atoms with van der Waals surface area (Å²) in [7, 11) is -4.83. The topological polar surface area (TPSA) is 249 Å². The molecule has 1 aliphatic carbocycles. The molecule has 1 unspecified atom stereocenters. The van der Waals surface area contributed by atoms with Crippen LogP contribution in [0.5, 0.6) is 0 Å². The van der Waals surface area contributed by atoms with Gasteiger partial charge >= 0.3 is 25.7 Å². The molecule has 0 aromatic carbocycles. The van der Waals surface area contributed by atoms with Crippen molar-refractivity contribution in [3.05, 3.63) is 72.9 Å². The molecule has 1 saturated carbocycles. The molecule has 0 aromatic rings. The number of hydrogen-bond acceptors (Lipinski definition) is 13. The van der Waals surface area contributed by atoms with Gasteiger partial charge in [-0.05, 0) is 70.6 Å². The normalized spacial score (nSPS) is 20.5. The summed E-state index contributed by atoms with van der Waals surface area (Å²) in [6.45, 7) is 2.16. The Balaban J connectivity index is 2.52. The van der Waals surface area contributed by atoms with Crippen LogP contribution in [0.4, 0.5) is 0 Å². The zero-order chi connectivity index (χ0) is 47.4. The molecule has 0 saturated heterocycles. The first-order valence-electron chi connectivity index (χ1n) is 23.1. The number of phosphoric acid groups is 1.